The molecule has 1 atom stereocenters. The molecule has 5 aromatic rings. The van der Waals surface area contributed by atoms with Crippen molar-refractivity contribution < 1.29 is 33.3 Å². The lowest BCUT2D eigenvalue weighted by molar-refractivity contribution is -0.146. The Morgan fingerprint density at radius 1 is 0.646 bits per heavy atom. The van der Waals surface area contributed by atoms with E-state index in [0.717, 1.165) is 82.0 Å². The first kappa shape index (κ1) is 35.3. The third-order valence-corrected chi connectivity index (χ3v) is 10.4. The van der Waals surface area contributed by atoms with Gasteiger partial charge in [0.15, 0.2) is 6.10 Å². The maximum Gasteiger partial charge on any atom is 0.353 e. The first-order valence-electron chi connectivity index (χ1n) is 16.8. The molecule has 48 heavy (non-hydrogen) atoms. The van der Waals surface area contributed by atoms with Gasteiger partial charge >= 0.3 is 17.9 Å². The van der Waals surface area contributed by atoms with Crippen molar-refractivity contribution in [2.24, 2.45) is 0 Å². The second-order valence-corrected chi connectivity index (χ2v) is 13.9. The molecule has 0 unspecified atom stereocenters. The molecule has 0 fully saturated rings. The average Bonchev–Trinajstić information content (AvgIpc) is 3.66. The van der Waals surface area contributed by atoms with E-state index in [9.17, 15) is 14.4 Å². The SMILES string of the molecule is CCCCCCOC(=O)c1ccc(-c2ccc(OC(=O)c3cc4sc5cc(OC(=O)[C@H](C)OCCCCCC)ccc5c4s3)cc2)cc1. The second-order valence-electron chi connectivity index (χ2n) is 11.7. The molecule has 9 heteroatoms. The molecule has 0 aliphatic heterocycles. The molecule has 3 aromatic carbocycles. The van der Waals surface area contributed by atoms with Gasteiger partial charge in [0.2, 0.25) is 0 Å². The molecule has 0 aliphatic carbocycles. The maximum atomic E-state index is 13.0. The number of carbonyl (C=O) groups is 3. The molecular weight excluding hydrogens is 645 g/mol. The topological polar surface area (TPSA) is 88.1 Å². The van der Waals surface area contributed by atoms with Gasteiger partial charge in [-0.15, -0.1) is 22.7 Å². The van der Waals surface area contributed by atoms with Gasteiger partial charge in [-0.05, 0) is 79.4 Å². The number of unbranched alkanes of at least 4 members (excludes halogenated alkanes) is 6. The molecule has 0 saturated heterocycles. The van der Waals surface area contributed by atoms with Crippen molar-refractivity contribution in [3.63, 3.8) is 0 Å². The van der Waals surface area contributed by atoms with Gasteiger partial charge in [-0.3, -0.25) is 0 Å². The van der Waals surface area contributed by atoms with Gasteiger partial charge in [0.25, 0.3) is 0 Å². The fraction of sp³-hybridized carbons (Fsp3) is 0.359. The van der Waals surface area contributed by atoms with Gasteiger partial charge in [0.05, 0.1) is 16.9 Å². The highest BCUT2D eigenvalue weighted by Crippen LogP contribution is 2.41. The highest BCUT2D eigenvalue weighted by atomic mass is 32.1. The molecule has 2 aromatic heterocycles. The lowest BCUT2D eigenvalue weighted by Crippen LogP contribution is -2.26. The van der Waals surface area contributed by atoms with Crippen molar-refractivity contribution in [2.45, 2.75) is 78.2 Å². The standard InChI is InChI=1S/C39H42O7S2/c1-4-6-8-10-22-43-26(3)37(40)46-31-20-21-32-33(24-31)47-34-25-35(48-36(32)34)39(42)45-30-18-16-28(17-19-30)27-12-14-29(15-13-27)38(41)44-23-11-9-7-5-2/h12-21,24-26H,4-11,22-23H2,1-3H3/t26-/m0/s1. The zero-order valence-corrected chi connectivity index (χ0v) is 29.4. The van der Waals surface area contributed by atoms with Crippen molar-refractivity contribution in [1.82, 2.24) is 0 Å². The fourth-order valence-corrected chi connectivity index (χ4v) is 7.63. The van der Waals surface area contributed by atoms with Crippen LogP contribution in [-0.2, 0) is 14.3 Å². The number of rotatable bonds is 17. The number of hydrogen-bond donors (Lipinski definition) is 0. The minimum Gasteiger partial charge on any atom is -0.462 e. The molecule has 2 heterocycles. The number of thiophene rings is 2. The zero-order valence-electron chi connectivity index (χ0n) is 27.8. The number of fused-ring (bicyclic) bond motifs is 3. The van der Waals surface area contributed by atoms with Gasteiger partial charge in [-0.2, -0.15) is 0 Å². The summed E-state index contributed by atoms with van der Waals surface area (Å²) in [5, 5.41) is 0.995. The van der Waals surface area contributed by atoms with E-state index >= 15 is 0 Å². The van der Waals surface area contributed by atoms with E-state index in [1.807, 2.05) is 42.5 Å². The van der Waals surface area contributed by atoms with E-state index < -0.39 is 18.0 Å². The van der Waals surface area contributed by atoms with Gasteiger partial charge in [0.1, 0.15) is 16.4 Å². The zero-order chi connectivity index (χ0) is 33.9. The molecule has 7 nitrogen and oxygen atoms in total. The predicted molar refractivity (Wildman–Crippen MR) is 194 cm³/mol. The molecule has 0 spiro atoms. The van der Waals surface area contributed by atoms with E-state index in [-0.39, 0.29) is 5.97 Å². The monoisotopic (exact) mass is 686 g/mol. The van der Waals surface area contributed by atoms with Crippen molar-refractivity contribution in [1.29, 1.82) is 0 Å². The van der Waals surface area contributed by atoms with Crippen molar-refractivity contribution in [2.75, 3.05) is 13.2 Å². The summed E-state index contributed by atoms with van der Waals surface area (Å²) in [6.45, 7) is 7.00. The third-order valence-electron chi connectivity index (χ3n) is 7.98. The average molecular weight is 687 g/mol. The van der Waals surface area contributed by atoms with Crippen LogP contribution in [0.2, 0.25) is 0 Å². The van der Waals surface area contributed by atoms with Crippen LogP contribution >= 0.6 is 22.7 Å². The smallest absolute Gasteiger partial charge is 0.353 e. The summed E-state index contributed by atoms with van der Waals surface area (Å²) < 4.78 is 25.2. The Labute approximate surface area is 289 Å². The first-order chi connectivity index (χ1) is 23.4. The Bertz CT molecular complexity index is 1820. The van der Waals surface area contributed by atoms with Crippen LogP contribution in [0.4, 0.5) is 0 Å². The van der Waals surface area contributed by atoms with Crippen LogP contribution in [-0.4, -0.2) is 37.2 Å². The van der Waals surface area contributed by atoms with Crippen LogP contribution in [0.3, 0.4) is 0 Å². The lowest BCUT2D eigenvalue weighted by atomic mass is 10.0. The van der Waals surface area contributed by atoms with Crippen LogP contribution in [0.25, 0.3) is 30.6 Å². The van der Waals surface area contributed by atoms with Gasteiger partial charge in [-0.1, -0.05) is 76.6 Å². The molecule has 0 aliphatic rings. The number of esters is 3. The van der Waals surface area contributed by atoms with E-state index in [0.29, 0.717) is 35.2 Å². The molecule has 0 amide bonds. The van der Waals surface area contributed by atoms with Crippen molar-refractivity contribution in [3.8, 4) is 22.6 Å². The van der Waals surface area contributed by atoms with E-state index in [1.165, 1.54) is 22.7 Å². The first-order valence-corrected chi connectivity index (χ1v) is 18.4. The maximum absolute atomic E-state index is 13.0. The van der Waals surface area contributed by atoms with Crippen LogP contribution in [0, 0.1) is 0 Å². The molecule has 0 saturated carbocycles. The normalized spacial score (nSPS) is 11.9. The second kappa shape index (κ2) is 17.4. The van der Waals surface area contributed by atoms with E-state index in [1.54, 1.807) is 37.3 Å². The number of hydrogen-bond acceptors (Lipinski definition) is 9. The van der Waals surface area contributed by atoms with Crippen molar-refractivity contribution in [3.05, 3.63) is 83.2 Å². The summed E-state index contributed by atoms with van der Waals surface area (Å²) in [4.78, 5) is 38.4. The number of benzene rings is 3. The molecule has 5 rings (SSSR count). The molecule has 0 bridgehead atoms. The molecular formula is C39H42O7S2. The Hall–Kier alpha value is -4.05. The lowest BCUT2D eigenvalue weighted by Gasteiger charge is -2.12. The largest absolute Gasteiger partial charge is 0.462 e. The highest BCUT2D eigenvalue weighted by molar-refractivity contribution is 7.33. The molecule has 0 radical (unpaired) electrons. The van der Waals surface area contributed by atoms with Crippen LogP contribution < -0.4 is 9.47 Å². The number of ether oxygens (including phenoxy) is 4. The molecule has 0 N–H and O–H groups in total. The fourth-order valence-electron chi connectivity index (χ4n) is 5.20. The van der Waals surface area contributed by atoms with E-state index in [2.05, 4.69) is 13.8 Å². The van der Waals surface area contributed by atoms with Crippen molar-refractivity contribution >= 4 is 60.1 Å². The summed E-state index contributed by atoms with van der Waals surface area (Å²) in [6.07, 6.45) is 7.94. The Balaban J connectivity index is 1.15. The highest BCUT2D eigenvalue weighted by Gasteiger charge is 2.19. The van der Waals surface area contributed by atoms with Crippen LogP contribution in [0.5, 0.6) is 11.5 Å². The Kier molecular flexibility index (Phi) is 12.8. The minimum atomic E-state index is -0.632. The quantitative estimate of drug-likeness (QED) is 0.0546. The Morgan fingerprint density at radius 3 is 1.98 bits per heavy atom. The minimum absolute atomic E-state index is 0.309. The van der Waals surface area contributed by atoms with Gasteiger partial charge in [0, 0.05) is 21.4 Å². The summed E-state index contributed by atoms with van der Waals surface area (Å²) in [6, 6.07) is 22.0. The van der Waals surface area contributed by atoms with Crippen LogP contribution in [0.15, 0.2) is 72.8 Å². The summed E-state index contributed by atoms with van der Waals surface area (Å²) in [7, 11) is 0. The summed E-state index contributed by atoms with van der Waals surface area (Å²) in [5.41, 5.74) is 2.40. The summed E-state index contributed by atoms with van der Waals surface area (Å²) >= 11 is 2.92. The van der Waals surface area contributed by atoms with Gasteiger partial charge < -0.3 is 18.9 Å². The van der Waals surface area contributed by atoms with E-state index in [4.69, 9.17) is 18.9 Å². The van der Waals surface area contributed by atoms with Crippen LogP contribution in [0.1, 0.15) is 92.2 Å². The summed E-state index contributed by atoms with van der Waals surface area (Å²) in [5.74, 6) is -0.228. The Morgan fingerprint density at radius 2 is 1.29 bits per heavy atom. The predicted octanol–water partition coefficient (Wildman–Crippen LogP) is 10.6. The molecule has 252 valence electrons. The van der Waals surface area contributed by atoms with Gasteiger partial charge in [-0.25, -0.2) is 14.4 Å². The third kappa shape index (κ3) is 9.30. The number of carbonyl (C=O) groups excluding carboxylic acids is 3.